The van der Waals surface area contributed by atoms with Gasteiger partial charge >= 0.3 is 5.97 Å². The number of ether oxygens (including phenoxy) is 2. The fourth-order valence-electron chi connectivity index (χ4n) is 2.73. The van der Waals surface area contributed by atoms with Gasteiger partial charge in [0.2, 0.25) is 10.0 Å². The van der Waals surface area contributed by atoms with E-state index in [0.717, 1.165) is 6.42 Å². The summed E-state index contributed by atoms with van der Waals surface area (Å²) >= 11 is 3.37. The van der Waals surface area contributed by atoms with Crippen LogP contribution in [0.25, 0.3) is 0 Å². The number of halogens is 1. The van der Waals surface area contributed by atoms with Crippen LogP contribution in [0.3, 0.4) is 0 Å². The Balaban J connectivity index is 2.21. The highest BCUT2D eigenvalue weighted by molar-refractivity contribution is 9.10. The van der Waals surface area contributed by atoms with Crippen molar-refractivity contribution in [1.82, 2.24) is 4.31 Å². The van der Waals surface area contributed by atoms with E-state index in [1.807, 2.05) is 6.92 Å². The molecule has 1 saturated heterocycles. The monoisotopic (exact) mass is 433 g/mol. The van der Waals surface area contributed by atoms with Crippen molar-refractivity contribution in [2.45, 2.75) is 38.0 Å². The second-order valence-electron chi connectivity index (χ2n) is 5.89. The lowest BCUT2D eigenvalue weighted by molar-refractivity contribution is -0.149. The van der Waals surface area contributed by atoms with Gasteiger partial charge in [-0.2, -0.15) is 4.31 Å². The average molecular weight is 434 g/mol. The number of benzene rings is 1. The third kappa shape index (κ3) is 4.95. The van der Waals surface area contributed by atoms with Gasteiger partial charge in [-0.05, 0) is 54.2 Å². The molecule has 0 radical (unpaired) electrons. The summed E-state index contributed by atoms with van der Waals surface area (Å²) in [5.74, 6) is -0.234. The lowest BCUT2D eigenvalue weighted by Crippen LogP contribution is -2.42. The summed E-state index contributed by atoms with van der Waals surface area (Å²) in [6.07, 6.45) is 2.12. The lowest BCUT2D eigenvalue weighted by atomic mass is 10.0. The molecule has 1 heterocycles. The van der Waals surface area contributed by atoms with Gasteiger partial charge in [0.05, 0.1) is 28.5 Å². The maximum Gasteiger partial charge on any atom is 0.310 e. The highest BCUT2D eigenvalue weighted by atomic mass is 79.9. The van der Waals surface area contributed by atoms with E-state index in [2.05, 4.69) is 15.9 Å². The van der Waals surface area contributed by atoms with E-state index in [1.165, 1.54) is 10.4 Å². The molecule has 0 aromatic heterocycles. The minimum atomic E-state index is -3.68. The van der Waals surface area contributed by atoms with E-state index >= 15 is 0 Å². The van der Waals surface area contributed by atoms with Crippen LogP contribution in [0, 0.1) is 5.92 Å². The van der Waals surface area contributed by atoms with Gasteiger partial charge in [0.1, 0.15) is 5.75 Å². The SMILES string of the molecule is CCCOc1cc(S(=O)(=O)N2CCCC(C(=O)OCC)C2)ccc1Br. The Morgan fingerprint density at radius 1 is 1.36 bits per heavy atom. The largest absolute Gasteiger partial charge is 0.492 e. The number of piperidine rings is 1. The van der Waals surface area contributed by atoms with Gasteiger partial charge in [0.25, 0.3) is 0 Å². The molecule has 25 heavy (non-hydrogen) atoms. The van der Waals surface area contributed by atoms with Crippen molar-refractivity contribution in [2.24, 2.45) is 5.92 Å². The molecule has 0 amide bonds. The Bertz CT molecular complexity index is 707. The zero-order valence-corrected chi connectivity index (χ0v) is 16.9. The molecular formula is C17H24BrNO5S. The summed E-state index contributed by atoms with van der Waals surface area (Å²) in [5.41, 5.74) is 0. The molecule has 1 atom stereocenters. The van der Waals surface area contributed by atoms with E-state index in [0.29, 0.717) is 42.8 Å². The minimum absolute atomic E-state index is 0.155. The van der Waals surface area contributed by atoms with Crippen LogP contribution < -0.4 is 4.74 Å². The smallest absolute Gasteiger partial charge is 0.310 e. The van der Waals surface area contributed by atoms with Crippen molar-refractivity contribution >= 4 is 31.9 Å². The Morgan fingerprint density at radius 2 is 2.12 bits per heavy atom. The highest BCUT2D eigenvalue weighted by Gasteiger charge is 2.34. The van der Waals surface area contributed by atoms with Crippen LogP contribution in [0.15, 0.2) is 27.6 Å². The van der Waals surface area contributed by atoms with Crippen molar-refractivity contribution < 1.29 is 22.7 Å². The van der Waals surface area contributed by atoms with Crippen LogP contribution in [0.2, 0.25) is 0 Å². The van der Waals surface area contributed by atoms with Gasteiger partial charge in [-0.3, -0.25) is 4.79 Å². The number of esters is 1. The van der Waals surface area contributed by atoms with Crippen LogP contribution in [0.5, 0.6) is 5.75 Å². The lowest BCUT2D eigenvalue weighted by Gasteiger charge is -2.30. The minimum Gasteiger partial charge on any atom is -0.492 e. The molecule has 0 saturated carbocycles. The summed E-state index contributed by atoms with van der Waals surface area (Å²) in [4.78, 5) is 12.1. The van der Waals surface area contributed by atoms with E-state index in [1.54, 1.807) is 19.1 Å². The van der Waals surface area contributed by atoms with Gasteiger partial charge in [0, 0.05) is 19.2 Å². The van der Waals surface area contributed by atoms with Crippen molar-refractivity contribution in [1.29, 1.82) is 0 Å². The van der Waals surface area contributed by atoms with Crippen molar-refractivity contribution in [3.8, 4) is 5.75 Å². The highest BCUT2D eigenvalue weighted by Crippen LogP contribution is 2.31. The standard InChI is InChI=1S/C17H24BrNO5S/c1-3-10-24-16-11-14(7-8-15(16)18)25(21,22)19-9-5-6-13(12-19)17(20)23-4-2/h7-8,11,13H,3-6,9-10,12H2,1-2H3. The predicted molar refractivity (Wildman–Crippen MR) is 98.0 cm³/mol. The van der Waals surface area contributed by atoms with Crippen LogP contribution >= 0.6 is 15.9 Å². The molecule has 1 aliphatic heterocycles. The maximum atomic E-state index is 13.0. The molecule has 1 aromatic carbocycles. The zero-order valence-electron chi connectivity index (χ0n) is 14.5. The first kappa shape index (κ1) is 20.2. The van der Waals surface area contributed by atoms with Gasteiger partial charge in [-0.1, -0.05) is 6.92 Å². The molecule has 6 nitrogen and oxygen atoms in total. The number of nitrogens with zero attached hydrogens (tertiary/aromatic N) is 1. The van der Waals surface area contributed by atoms with Gasteiger partial charge in [0.15, 0.2) is 0 Å². The molecule has 1 fully saturated rings. The quantitative estimate of drug-likeness (QED) is 0.617. The summed E-state index contributed by atoms with van der Waals surface area (Å²) in [5, 5.41) is 0. The zero-order chi connectivity index (χ0) is 18.4. The van der Waals surface area contributed by atoms with Crippen LogP contribution in [0.4, 0.5) is 0 Å². The molecule has 1 unspecified atom stereocenters. The Kier molecular flexibility index (Phi) is 7.27. The topological polar surface area (TPSA) is 72.9 Å². The Labute approximate surface area is 157 Å². The molecule has 0 bridgehead atoms. The summed E-state index contributed by atoms with van der Waals surface area (Å²) in [6.45, 7) is 5.10. The molecule has 0 spiro atoms. The molecule has 1 aliphatic rings. The number of carbonyl (C=O) groups is 1. The maximum absolute atomic E-state index is 13.0. The molecule has 140 valence electrons. The first-order valence-corrected chi connectivity index (χ1v) is 10.7. The fraction of sp³-hybridized carbons (Fsp3) is 0.588. The molecular weight excluding hydrogens is 410 g/mol. The van der Waals surface area contributed by atoms with Crippen LogP contribution in [0.1, 0.15) is 33.1 Å². The normalized spacial score (nSPS) is 18.8. The third-order valence-electron chi connectivity index (χ3n) is 4.01. The number of hydrogen-bond acceptors (Lipinski definition) is 5. The van der Waals surface area contributed by atoms with Crippen LogP contribution in [-0.4, -0.2) is 45.0 Å². The molecule has 0 aliphatic carbocycles. The summed E-state index contributed by atoms with van der Waals surface area (Å²) in [7, 11) is -3.68. The van der Waals surface area contributed by atoms with Crippen molar-refractivity contribution in [3.63, 3.8) is 0 Å². The molecule has 8 heteroatoms. The van der Waals surface area contributed by atoms with Gasteiger partial charge < -0.3 is 9.47 Å². The second-order valence-corrected chi connectivity index (χ2v) is 8.69. The van der Waals surface area contributed by atoms with E-state index in [9.17, 15) is 13.2 Å². The fourth-order valence-corrected chi connectivity index (χ4v) is 4.63. The van der Waals surface area contributed by atoms with Crippen LogP contribution in [-0.2, 0) is 19.6 Å². The Morgan fingerprint density at radius 3 is 2.80 bits per heavy atom. The number of hydrogen-bond donors (Lipinski definition) is 0. The van der Waals surface area contributed by atoms with Gasteiger partial charge in [-0.15, -0.1) is 0 Å². The predicted octanol–water partition coefficient (Wildman–Crippen LogP) is 3.20. The number of sulfonamides is 1. The second kappa shape index (κ2) is 9.00. The number of carbonyl (C=O) groups excluding carboxylic acids is 1. The molecule has 1 aromatic rings. The molecule has 0 N–H and O–H groups in total. The van der Waals surface area contributed by atoms with E-state index < -0.39 is 15.9 Å². The third-order valence-corrected chi connectivity index (χ3v) is 6.52. The number of rotatable bonds is 7. The molecule has 2 rings (SSSR count). The van der Waals surface area contributed by atoms with Crippen molar-refractivity contribution in [3.05, 3.63) is 22.7 Å². The first-order valence-electron chi connectivity index (χ1n) is 8.49. The summed E-state index contributed by atoms with van der Waals surface area (Å²) < 4.78 is 38.6. The first-order chi connectivity index (χ1) is 11.9. The summed E-state index contributed by atoms with van der Waals surface area (Å²) in [6, 6.07) is 4.75. The van der Waals surface area contributed by atoms with Gasteiger partial charge in [-0.25, -0.2) is 8.42 Å². The van der Waals surface area contributed by atoms with Crippen molar-refractivity contribution in [2.75, 3.05) is 26.3 Å². The van der Waals surface area contributed by atoms with E-state index in [-0.39, 0.29) is 17.4 Å². The van der Waals surface area contributed by atoms with E-state index in [4.69, 9.17) is 9.47 Å². The average Bonchev–Trinajstić information content (AvgIpc) is 2.61. The Hall–Kier alpha value is -1.12.